The van der Waals surface area contributed by atoms with Crippen LogP contribution in [0.15, 0.2) is 24.3 Å². The van der Waals surface area contributed by atoms with Gasteiger partial charge in [0.2, 0.25) is 10.0 Å². The van der Waals surface area contributed by atoms with Crippen molar-refractivity contribution in [3.05, 3.63) is 24.3 Å². The first-order valence-corrected chi connectivity index (χ1v) is 9.61. The zero-order chi connectivity index (χ0) is 15.1. The molecular weight excluding hydrogens is 284 g/mol. The van der Waals surface area contributed by atoms with Crippen LogP contribution in [0, 0.1) is 0 Å². The van der Waals surface area contributed by atoms with E-state index in [4.69, 9.17) is 0 Å². The second-order valence-electron chi connectivity index (χ2n) is 5.83. The van der Waals surface area contributed by atoms with Crippen LogP contribution in [0.25, 0.3) is 0 Å². The third kappa shape index (κ3) is 5.58. The smallest absolute Gasteiger partial charge is 0.232 e. The Balaban J connectivity index is 1.89. The van der Waals surface area contributed by atoms with Crippen LogP contribution in [0.4, 0.5) is 11.4 Å². The van der Waals surface area contributed by atoms with Crippen molar-refractivity contribution in [2.45, 2.75) is 57.9 Å². The monoisotopic (exact) mass is 310 g/mol. The van der Waals surface area contributed by atoms with Gasteiger partial charge in [0.1, 0.15) is 0 Å². The average molecular weight is 310 g/mol. The van der Waals surface area contributed by atoms with Crippen molar-refractivity contribution in [1.29, 1.82) is 0 Å². The summed E-state index contributed by atoms with van der Waals surface area (Å²) in [6.45, 7) is 1.99. The van der Waals surface area contributed by atoms with Gasteiger partial charge in [-0.3, -0.25) is 4.72 Å². The number of nitrogens with one attached hydrogen (secondary N) is 2. The highest BCUT2D eigenvalue weighted by Gasteiger charge is 2.13. The average Bonchev–Trinajstić information content (AvgIpc) is 2.48. The van der Waals surface area contributed by atoms with Crippen molar-refractivity contribution < 1.29 is 8.42 Å². The fraction of sp³-hybridized carbons (Fsp3) is 0.625. The number of rotatable bonds is 7. The fourth-order valence-electron chi connectivity index (χ4n) is 2.68. The summed E-state index contributed by atoms with van der Waals surface area (Å²) in [7, 11) is -3.21. The highest BCUT2D eigenvalue weighted by Crippen LogP contribution is 2.22. The molecule has 0 radical (unpaired) electrons. The van der Waals surface area contributed by atoms with Gasteiger partial charge in [-0.1, -0.05) is 32.6 Å². The zero-order valence-corrected chi connectivity index (χ0v) is 13.6. The van der Waals surface area contributed by atoms with Crippen molar-refractivity contribution in [3.8, 4) is 0 Å². The third-order valence-electron chi connectivity index (χ3n) is 3.90. The van der Waals surface area contributed by atoms with Gasteiger partial charge in [0.15, 0.2) is 0 Å². The van der Waals surface area contributed by atoms with E-state index in [-0.39, 0.29) is 5.75 Å². The van der Waals surface area contributed by atoms with Crippen LogP contribution in [0.2, 0.25) is 0 Å². The van der Waals surface area contributed by atoms with E-state index in [1.54, 1.807) is 0 Å². The molecule has 5 heteroatoms. The molecule has 21 heavy (non-hydrogen) atoms. The molecular formula is C16H26N2O2S. The van der Waals surface area contributed by atoms with Crippen molar-refractivity contribution in [1.82, 2.24) is 0 Å². The number of hydrogen-bond acceptors (Lipinski definition) is 3. The molecule has 1 saturated carbocycles. The summed E-state index contributed by atoms with van der Waals surface area (Å²) < 4.78 is 26.3. The zero-order valence-electron chi connectivity index (χ0n) is 12.8. The lowest BCUT2D eigenvalue weighted by Gasteiger charge is -2.24. The first-order chi connectivity index (χ1) is 10.1. The van der Waals surface area contributed by atoms with E-state index in [1.807, 2.05) is 31.2 Å². The molecule has 1 fully saturated rings. The van der Waals surface area contributed by atoms with Gasteiger partial charge in [-0.25, -0.2) is 8.42 Å². The standard InChI is InChI=1S/C16H26N2O2S/c1-2-3-13-21(19,20)18-16-11-9-15(10-12-16)17-14-7-5-4-6-8-14/h9-12,14,17-18H,2-8,13H2,1H3. The third-order valence-corrected chi connectivity index (χ3v) is 5.27. The van der Waals surface area contributed by atoms with Crippen molar-refractivity contribution in [2.75, 3.05) is 15.8 Å². The van der Waals surface area contributed by atoms with Crippen LogP contribution in [-0.2, 0) is 10.0 Å². The Morgan fingerprint density at radius 3 is 2.29 bits per heavy atom. The Hall–Kier alpha value is -1.23. The first kappa shape index (κ1) is 16.1. The second-order valence-corrected chi connectivity index (χ2v) is 7.67. The van der Waals surface area contributed by atoms with Gasteiger partial charge in [-0.15, -0.1) is 0 Å². The SMILES string of the molecule is CCCCS(=O)(=O)Nc1ccc(NC2CCCCC2)cc1. The summed E-state index contributed by atoms with van der Waals surface area (Å²) in [6.07, 6.45) is 7.97. The summed E-state index contributed by atoms with van der Waals surface area (Å²) in [5.74, 6) is 0.186. The van der Waals surface area contributed by atoms with Gasteiger partial charge >= 0.3 is 0 Å². The number of unbranched alkanes of at least 4 members (excludes halogenated alkanes) is 1. The molecule has 0 spiro atoms. The Bertz CT molecular complexity index is 520. The van der Waals surface area contributed by atoms with Crippen molar-refractivity contribution >= 4 is 21.4 Å². The fourth-order valence-corrected chi connectivity index (χ4v) is 3.95. The predicted molar refractivity (Wildman–Crippen MR) is 89.3 cm³/mol. The van der Waals surface area contributed by atoms with Crippen LogP contribution in [0.1, 0.15) is 51.9 Å². The van der Waals surface area contributed by atoms with Crippen LogP contribution in [-0.4, -0.2) is 20.2 Å². The maximum Gasteiger partial charge on any atom is 0.232 e. The Kier molecular flexibility index (Phi) is 5.91. The summed E-state index contributed by atoms with van der Waals surface area (Å²) in [5, 5.41) is 3.53. The molecule has 0 unspecified atom stereocenters. The summed E-state index contributed by atoms with van der Waals surface area (Å²) >= 11 is 0. The Morgan fingerprint density at radius 2 is 1.67 bits per heavy atom. The van der Waals surface area contributed by atoms with Gasteiger partial charge in [0.05, 0.1) is 5.75 Å². The molecule has 1 aliphatic carbocycles. The normalized spacial score (nSPS) is 16.6. The van der Waals surface area contributed by atoms with Crippen molar-refractivity contribution in [3.63, 3.8) is 0 Å². The van der Waals surface area contributed by atoms with E-state index in [0.717, 1.165) is 12.1 Å². The van der Waals surface area contributed by atoms with Crippen LogP contribution >= 0.6 is 0 Å². The van der Waals surface area contributed by atoms with E-state index in [2.05, 4.69) is 10.0 Å². The number of hydrogen-bond donors (Lipinski definition) is 2. The largest absolute Gasteiger partial charge is 0.382 e. The van der Waals surface area contributed by atoms with E-state index in [0.29, 0.717) is 18.2 Å². The molecule has 0 heterocycles. The minimum absolute atomic E-state index is 0.186. The minimum atomic E-state index is -3.21. The summed E-state index contributed by atoms with van der Waals surface area (Å²) in [6, 6.07) is 8.12. The summed E-state index contributed by atoms with van der Waals surface area (Å²) in [4.78, 5) is 0. The van der Waals surface area contributed by atoms with Gasteiger partial charge in [0, 0.05) is 17.4 Å². The molecule has 118 valence electrons. The topological polar surface area (TPSA) is 58.2 Å². The number of anilines is 2. The molecule has 0 atom stereocenters. The molecule has 0 amide bonds. The number of benzene rings is 1. The highest BCUT2D eigenvalue weighted by atomic mass is 32.2. The van der Waals surface area contributed by atoms with Crippen LogP contribution in [0.3, 0.4) is 0 Å². The van der Waals surface area contributed by atoms with E-state index < -0.39 is 10.0 Å². The molecule has 0 aromatic heterocycles. The maximum atomic E-state index is 11.8. The van der Waals surface area contributed by atoms with E-state index in [1.165, 1.54) is 32.1 Å². The first-order valence-electron chi connectivity index (χ1n) is 7.96. The Morgan fingerprint density at radius 1 is 1.05 bits per heavy atom. The van der Waals surface area contributed by atoms with E-state index in [9.17, 15) is 8.42 Å². The molecule has 1 aromatic carbocycles. The molecule has 1 aliphatic rings. The summed E-state index contributed by atoms with van der Waals surface area (Å²) in [5.41, 5.74) is 1.71. The molecule has 1 aromatic rings. The molecule has 0 bridgehead atoms. The number of sulfonamides is 1. The van der Waals surface area contributed by atoms with E-state index >= 15 is 0 Å². The molecule has 0 aliphatic heterocycles. The molecule has 2 rings (SSSR count). The lowest BCUT2D eigenvalue weighted by Crippen LogP contribution is -2.22. The van der Waals surface area contributed by atoms with Crippen LogP contribution < -0.4 is 10.0 Å². The van der Waals surface area contributed by atoms with Gasteiger partial charge in [0.25, 0.3) is 0 Å². The second kappa shape index (κ2) is 7.69. The minimum Gasteiger partial charge on any atom is -0.382 e. The Labute approximate surface area is 128 Å². The maximum absolute atomic E-state index is 11.8. The van der Waals surface area contributed by atoms with Crippen molar-refractivity contribution in [2.24, 2.45) is 0 Å². The predicted octanol–water partition coefficient (Wildman–Crippen LogP) is 3.97. The molecule has 4 nitrogen and oxygen atoms in total. The van der Waals surface area contributed by atoms with Crippen LogP contribution in [0.5, 0.6) is 0 Å². The molecule has 2 N–H and O–H groups in total. The van der Waals surface area contributed by atoms with Gasteiger partial charge < -0.3 is 5.32 Å². The molecule has 0 saturated heterocycles. The lowest BCUT2D eigenvalue weighted by atomic mass is 9.95. The van der Waals surface area contributed by atoms with Gasteiger partial charge in [-0.2, -0.15) is 0 Å². The highest BCUT2D eigenvalue weighted by molar-refractivity contribution is 7.92. The lowest BCUT2D eigenvalue weighted by molar-refractivity contribution is 0.463. The van der Waals surface area contributed by atoms with Gasteiger partial charge in [-0.05, 0) is 43.5 Å². The quantitative estimate of drug-likeness (QED) is 0.801.